The number of benzene rings is 4. The number of hydrogen-bond acceptors (Lipinski definition) is 4. The lowest BCUT2D eigenvalue weighted by atomic mass is 9.79. The fourth-order valence-electron chi connectivity index (χ4n) is 7.23. The Morgan fingerprint density at radius 2 is 0.826 bits per heavy atom. The largest absolute Gasteiger partial charge is 0.450 e. The van der Waals surface area contributed by atoms with Gasteiger partial charge >= 0.3 is 11.9 Å². The highest BCUT2D eigenvalue weighted by atomic mass is 16.6. The molecule has 4 aromatic rings. The summed E-state index contributed by atoms with van der Waals surface area (Å²) in [6, 6.07) is 34.9. The number of ether oxygens (including phenoxy) is 2. The van der Waals surface area contributed by atoms with Gasteiger partial charge in [0.25, 0.3) is 0 Å². The summed E-state index contributed by atoms with van der Waals surface area (Å²) in [5.74, 6) is 1.77. The average Bonchev–Trinajstić information content (AvgIpc) is 3.11. The Balaban J connectivity index is 0.00000260. The van der Waals surface area contributed by atoms with Crippen LogP contribution in [-0.2, 0) is 9.47 Å². The fraction of sp³-hybridized carbons (Fsp3) is 0.381. The standard InChI is InChI=1S/C42H46O4.2H2/c1-29-13-17-31(18-14-29)33-21-25-37(26-22-33)41(43)45-39(35-9-5-3-6-10-35)40(36-11-7-4-8-12-36)46-42(44)38-27-23-34(24-28-38)32-19-15-30(2)16-20-32;;/h3-12,21-32,39-40H,13-20H2,1-2H3;2*1H/t29?,30?,31?,32?,39-,40-;;/m1../s1/i;2*1+1. The molecule has 0 saturated heterocycles. The number of carbonyl (C=O) groups excluding carboxylic acids is 2. The predicted octanol–water partition coefficient (Wildman–Crippen LogP) is 11.3. The summed E-state index contributed by atoms with van der Waals surface area (Å²) in [6.07, 6.45) is 8.05. The van der Waals surface area contributed by atoms with E-state index < -0.39 is 24.1 Å². The third-order valence-corrected chi connectivity index (χ3v) is 10.3. The van der Waals surface area contributed by atoms with Crippen molar-refractivity contribution >= 4 is 11.9 Å². The summed E-state index contributed by atoms with van der Waals surface area (Å²) in [6.45, 7) is 4.65. The van der Waals surface area contributed by atoms with Gasteiger partial charge in [-0.1, -0.05) is 124 Å². The van der Waals surface area contributed by atoms with Crippen LogP contribution in [0, 0.1) is 11.8 Å². The summed E-state index contributed by atoms with van der Waals surface area (Å²) in [5.41, 5.74) is 5.05. The maximum absolute atomic E-state index is 13.7. The van der Waals surface area contributed by atoms with E-state index in [1.165, 1.54) is 62.5 Å². The van der Waals surface area contributed by atoms with Crippen molar-refractivity contribution in [1.82, 2.24) is 0 Å². The van der Waals surface area contributed by atoms with Crippen LogP contribution in [0.3, 0.4) is 0 Å². The lowest BCUT2D eigenvalue weighted by Gasteiger charge is -2.28. The SMILES string of the molecule is CC1CCC(c2ccc(C(=O)O[C@H](c3ccccc3)[C@H](OC(=O)c3ccc(C4CCC(C)CC4)cc3)c3ccccc3)cc2)CC1.[2HH].[2HH]. The second kappa shape index (κ2) is 14.9. The molecule has 0 aliphatic heterocycles. The molecule has 0 unspecified atom stereocenters. The van der Waals surface area contributed by atoms with Crippen molar-refractivity contribution in [3.63, 3.8) is 0 Å². The van der Waals surface area contributed by atoms with Gasteiger partial charge in [-0.2, -0.15) is 0 Å². The molecule has 0 heterocycles. The Kier molecular flexibility index (Phi) is 10.3. The first-order valence-corrected chi connectivity index (χ1v) is 17.2. The molecule has 0 bridgehead atoms. The molecule has 4 heteroatoms. The lowest BCUT2D eigenvalue weighted by Crippen LogP contribution is -2.23. The summed E-state index contributed by atoms with van der Waals surface area (Å²) >= 11 is 0. The zero-order valence-corrected chi connectivity index (χ0v) is 27.1. The van der Waals surface area contributed by atoms with E-state index in [1.807, 2.05) is 84.9 Å². The Morgan fingerprint density at radius 3 is 1.15 bits per heavy atom. The zero-order valence-electron chi connectivity index (χ0n) is 27.1. The van der Waals surface area contributed by atoms with Gasteiger partial charge in [0.05, 0.1) is 11.1 Å². The highest BCUT2D eigenvalue weighted by Gasteiger charge is 2.33. The first kappa shape index (κ1) is 31.8. The minimum absolute atomic E-state index is 0. The van der Waals surface area contributed by atoms with Crippen LogP contribution in [0.2, 0.25) is 0 Å². The average molecular weight is 621 g/mol. The van der Waals surface area contributed by atoms with E-state index in [9.17, 15) is 9.59 Å². The maximum Gasteiger partial charge on any atom is 0.338 e. The monoisotopic (exact) mass is 620 g/mol. The van der Waals surface area contributed by atoms with Gasteiger partial charge in [-0.3, -0.25) is 0 Å². The molecule has 0 radical (unpaired) electrons. The van der Waals surface area contributed by atoms with Gasteiger partial charge in [-0.15, -0.1) is 0 Å². The maximum atomic E-state index is 13.7. The van der Waals surface area contributed by atoms with Crippen molar-refractivity contribution in [3.8, 4) is 0 Å². The van der Waals surface area contributed by atoms with Crippen molar-refractivity contribution in [1.29, 1.82) is 0 Å². The van der Waals surface area contributed by atoms with Crippen LogP contribution in [0.5, 0.6) is 0 Å². The van der Waals surface area contributed by atoms with Crippen molar-refractivity contribution in [2.45, 2.75) is 89.3 Å². The molecular formula is C42H50O4. The minimum Gasteiger partial charge on any atom is -0.450 e. The van der Waals surface area contributed by atoms with Crippen molar-refractivity contribution < 1.29 is 21.9 Å². The van der Waals surface area contributed by atoms with E-state index in [-0.39, 0.29) is 2.85 Å². The summed E-state index contributed by atoms with van der Waals surface area (Å²) in [7, 11) is 0. The molecule has 6 rings (SSSR count). The Morgan fingerprint density at radius 1 is 0.500 bits per heavy atom. The molecule has 4 nitrogen and oxygen atoms in total. The van der Waals surface area contributed by atoms with Crippen molar-refractivity contribution in [3.05, 3.63) is 143 Å². The smallest absolute Gasteiger partial charge is 0.338 e. The summed E-state index contributed by atoms with van der Waals surface area (Å²) in [4.78, 5) is 27.4. The Hall–Kier alpha value is -4.18. The molecule has 2 atom stereocenters. The van der Waals surface area contributed by atoms with Crippen LogP contribution in [0.25, 0.3) is 0 Å². The molecule has 2 aliphatic rings. The lowest BCUT2D eigenvalue weighted by molar-refractivity contribution is -0.0388. The Bertz CT molecular complexity index is 1440. The molecule has 0 amide bonds. The van der Waals surface area contributed by atoms with Gasteiger partial charge < -0.3 is 9.47 Å². The predicted molar refractivity (Wildman–Crippen MR) is 187 cm³/mol. The van der Waals surface area contributed by atoms with Gasteiger partial charge in [0.1, 0.15) is 0 Å². The van der Waals surface area contributed by atoms with Gasteiger partial charge in [0, 0.05) is 2.85 Å². The molecule has 0 aromatic heterocycles. The highest BCUT2D eigenvalue weighted by Crippen LogP contribution is 2.39. The van der Waals surface area contributed by atoms with E-state index >= 15 is 0 Å². The molecule has 0 N–H and O–H groups in total. The van der Waals surface area contributed by atoms with E-state index in [0.717, 1.165) is 23.0 Å². The second-order valence-corrected chi connectivity index (χ2v) is 13.6. The Labute approximate surface area is 277 Å². The zero-order chi connectivity index (χ0) is 31.9. The molecule has 0 spiro atoms. The molecular weight excluding hydrogens is 568 g/mol. The van der Waals surface area contributed by atoms with Gasteiger partial charge in [0.15, 0.2) is 12.2 Å². The van der Waals surface area contributed by atoms with Crippen molar-refractivity contribution in [2.75, 3.05) is 0 Å². The van der Waals surface area contributed by atoms with Gasteiger partial charge in [-0.05, 0) is 95.9 Å². The van der Waals surface area contributed by atoms with Crippen LogP contribution in [0.4, 0.5) is 0 Å². The van der Waals surface area contributed by atoms with Crippen LogP contribution < -0.4 is 0 Å². The quantitative estimate of drug-likeness (QED) is 0.175. The van der Waals surface area contributed by atoms with E-state index in [1.54, 1.807) is 0 Å². The molecule has 2 saturated carbocycles. The molecule has 4 aromatic carbocycles. The number of esters is 2. The number of hydrogen-bond donors (Lipinski definition) is 0. The number of rotatable bonds is 9. The molecule has 242 valence electrons. The summed E-state index contributed by atoms with van der Waals surface area (Å²) < 4.78 is 12.5. The molecule has 2 aliphatic carbocycles. The first-order valence-electron chi connectivity index (χ1n) is 17.2. The highest BCUT2D eigenvalue weighted by molar-refractivity contribution is 5.90. The van der Waals surface area contributed by atoms with Crippen LogP contribution in [0.15, 0.2) is 109 Å². The normalized spacial score (nSPS) is 22.7. The fourth-order valence-corrected chi connectivity index (χ4v) is 7.23. The third-order valence-electron chi connectivity index (χ3n) is 10.3. The van der Waals surface area contributed by atoms with Gasteiger partial charge in [-0.25, -0.2) is 9.59 Å². The third kappa shape index (κ3) is 7.78. The topological polar surface area (TPSA) is 52.6 Å². The molecule has 46 heavy (non-hydrogen) atoms. The second-order valence-electron chi connectivity index (χ2n) is 13.6. The van der Waals surface area contributed by atoms with Crippen LogP contribution in [0.1, 0.15) is 135 Å². The van der Waals surface area contributed by atoms with Crippen LogP contribution in [-0.4, -0.2) is 11.9 Å². The van der Waals surface area contributed by atoms with Crippen LogP contribution >= 0.6 is 0 Å². The number of carbonyl (C=O) groups is 2. The molecule has 2 fully saturated rings. The van der Waals surface area contributed by atoms with Gasteiger partial charge in [0.2, 0.25) is 0 Å². The summed E-state index contributed by atoms with van der Waals surface area (Å²) in [5, 5.41) is 0. The van der Waals surface area contributed by atoms with E-state index in [2.05, 4.69) is 38.1 Å². The first-order chi connectivity index (χ1) is 22.4. The van der Waals surface area contributed by atoms with E-state index in [4.69, 9.17) is 9.47 Å². The van der Waals surface area contributed by atoms with E-state index in [0.29, 0.717) is 23.0 Å². The minimum atomic E-state index is -0.844. The van der Waals surface area contributed by atoms with Crippen molar-refractivity contribution in [2.24, 2.45) is 11.8 Å².